The van der Waals surface area contributed by atoms with Gasteiger partial charge in [-0.25, -0.2) is 4.98 Å². The Balaban J connectivity index is 1.43. The Kier molecular flexibility index (Phi) is 2.94. The van der Waals surface area contributed by atoms with E-state index in [-0.39, 0.29) is 0 Å². The van der Waals surface area contributed by atoms with Crippen LogP contribution in [0.4, 0.5) is 11.6 Å². The predicted molar refractivity (Wildman–Crippen MR) is 80.5 cm³/mol. The van der Waals surface area contributed by atoms with E-state index in [0.29, 0.717) is 6.04 Å². The van der Waals surface area contributed by atoms with Crippen LogP contribution in [-0.4, -0.2) is 46.3 Å². The van der Waals surface area contributed by atoms with Gasteiger partial charge in [0, 0.05) is 32.5 Å². The molecule has 0 unspecified atom stereocenters. The smallest absolute Gasteiger partial charge is 0.151 e. The largest absolute Gasteiger partial charge is 0.352 e. The van der Waals surface area contributed by atoms with E-state index in [1.165, 1.54) is 17.7 Å². The number of rotatable bonds is 3. The van der Waals surface area contributed by atoms with Crippen LogP contribution >= 0.6 is 0 Å². The van der Waals surface area contributed by atoms with Crippen molar-refractivity contribution < 1.29 is 0 Å². The highest BCUT2D eigenvalue weighted by Gasteiger charge is 2.32. The van der Waals surface area contributed by atoms with Crippen LogP contribution in [0.3, 0.4) is 0 Å². The van der Waals surface area contributed by atoms with Crippen molar-refractivity contribution in [1.82, 2.24) is 20.2 Å². The van der Waals surface area contributed by atoms with Gasteiger partial charge in [-0.05, 0) is 30.9 Å². The zero-order chi connectivity index (χ0) is 14.2. The number of fused-ring (bicyclic) bond motifs is 1. The van der Waals surface area contributed by atoms with Crippen molar-refractivity contribution in [3.63, 3.8) is 0 Å². The average molecular weight is 282 g/mol. The van der Waals surface area contributed by atoms with E-state index in [9.17, 15) is 0 Å². The quantitative estimate of drug-likeness (QED) is 0.839. The van der Waals surface area contributed by atoms with E-state index < -0.39 is 0 Å². The van der Waals surface area contributed by atoms with Crippen LogP contribution in [0.5, 0.6) is 0 Å². The molecule has 6 heteroatoms. The second kappa shape index (κ2) is 4.95. The molecule has 1 fully saturated rings. The van der Waals surface area contributed by atoms with E-state index in [2.05, 4.69) is 43.1 Å². The van der Waals surface area contributed by atoms with Gasteiger partial charge in [0.05, 0.1) is 17.9 Å². The number of aromatic nitrogens is 4. The van der Waals surface area contributed by atoms with E-state index in [4.69, 9.17) is 0 Å². The molecule has 0 saturated carbocycles. The molecule has 0 amide bonds. The van der Waals surface area contributed by atoms with Crippen LogP contribution in [0.15, 0.2) is 24.7 Å². The number of likely N-dealkylation sites (N-methyl/N-ethyl adjacent to an activating group) is 1. The van der Waals surface area contributed by atoms with Gasteiger partial charge in [-0.3, -0.25) is 4.98 Å². The fourth-order valence-electron chi connectivity index (χ4n) is 3.02. The summed E-state index contributed by atoms with van der Waals surface area (Å²) in [7, 11) is 2.07. The molecule has 0 atom stereocenters. The Bertz CT molecular complexity index is 638. The Labute approximate surface area is 123 Å². The summed E-state index contributed by atoms with van der Waals surface area (Å²) in [5.41, 5.74) is 2.57. The fraction of sp³-hybridized carbons (Fsp3) is 0.467. The lowest BCUT2D eigenvalue weighted by Gasteiger charge is -2.44. The van der Waals surface area contributed by atoms with Crippen molar-refractivity contribution >= 4 is 11.6 Å². The van der Waals surface area contributed by atoms with Crippen LogP contribution in [0, 0.1) is 0 Å². The summed E-state index contributed by atoms with van der Waals surface area (Å²) in [6.45, 7) is 1.92. The minimum Gasteiger partial charge on any atom is -0.352 e. The summed E-state index contributed by atoms with van der Waals surface area (Å²) in [5.74, 6) is 1.93. The molecule has 1 aliphatic carbocycles. The maximum atomic E-state index is 4.37. The van der Waals surface area contributed by atoms with Crippen LogP contribution in [0.2, 0.25) is 0 Å². The molecular weight excluding hydrogens is 264 g/mol. The molecule has 2 aromatic heterocycles. The molecule has 0 radical (unpaired) electrons. The normalized spacial score (nSPS) is 17.5. The van der Waals surface area contributed by atoms with Crippen molar-refractivity contribution in [1.29, 1.82) is 0 Å². The second-order valence-electron chi connectivity index (χ2n) is 5.76. The van der Waals surface area contributed by atoms with Crippen molar-refractivity contribution in [2.75, 3.05) is 29.9 Å². The maximum Gasteiger partial charge on any atom is 0.151 e. The molecule has 2 aromatic rings. The highest BCUT2D eigenvalue weighted by molar-refractivity contribution is 5.49. The molecule has 108 valence electrons. The van der Waals surface area contributed by atoms with E-state index in [1.807, 2.05) is 0 Å². The molecule has 2 aliphatic rings. The van der Waals surface area contributed by atoms with E-state index in [1.54, 1.807) is 18.6 Å². The van der Waals surface area contributed by atoms with Crippen LogP contribution in [-0.2, 0) is 12.8 Å². The first kappa shape index (κ1) is 12.5. The van der Waals surface area contributed by atoms with E-state index in [0.717, 1.165) is 37.6 Å². The van der Waals surface area contributed by atoms with E-state index >= 15 is 0 Å². The van der Waals surface area contributed by atoms with Crippen LogP contribution < -0.4 is 9.80 Å². The molecule has 1 aliphatic heterocycles. The Morgan fingerprint density at radius 3 is 2.90 bits per heavy atom. The summed E-state index contributed by atoms with van der Waals surface area (Å²) in [4.78, 5) is 12.9. The molecule has 6 nitrogen and oxygen atoms in total. The van der Waals surface area contributed by atoms with Crippen molar-refractivity contribution in [2.24, 2.45) is 0 Å². The molecule has 0 aromatic carbocycles. The zero-order valence-electron chi connectivity index (χ0n) is 12.1. The minimum absolute atomic E-state index is 0.455. The van der Waals surface area contributed by atoms with Gasteiger partial charge in [0.25, 0.3) is 0 Å². The predicted octanol–water partition coefficient (Wildman–Crippen LogP) is 1.08. The highest BCUT2D eigenvalue weighted by Crippen LogP contribution is 2.27. The summed E-state index contributed by atoms with van der Waals surface area (Å²) < 4.78 is 0. The third-order valence-electron chi connectivity index (χ3n) is 4.45. The summed E-state index contributed by atoms with van der Waals surface area (Å²) in [6, 6.07) is 2.67. The topological polar surface area (TPSA) is 58.0 Å². The van der Waals surface area contributed by atoms with Crippen molar-refractivity contribution in [2.45, 2.75) is 25.3 Å². The van der Waals surface area contributed by atoms with Gasteiger partial charge in [0.1, 0.15) is 5.82 Å². The van der Waals surface area contributed by atoms with Gasteiger partial charge >= 0.3 is 0 Å². The SMILES string of the molecule is CN(c1cnccn1)C1CN(c2cc3c(nn2)CCC3)C1. The third kappa shape index (κ3) is 2.20. The standard InChI is InChI=1S/C15H18N6/c1-20(15-8-16-5-6-17-15)12-9-21(10-12)14-7-11-3-2-4-13(11)18-19-14/h5-8,12H,2-4,9-10H2,1H3. The Morgan fingerprint density at radius 1 is 1.19 bits per heavy atom. The maximum absolute atomic E-state index is 4.37. The van der Waals surface area contributed by atoms with Gasteiger partial charge < -0.3 is 9.80 Å². The lowest BCUT2D eigenvalue weighted by Crippen LogP contribution is -2.59. The van der Waals surface area contributed by atoms with Gasteiger partial charge in [-0.2, -0.15) is 5.10 Å². The first-order chi connectivity index (χ1) is 10.3. The van der Waals surface area contributed by atoms with Crippen LogP contribution in [0.1, 0.15) is 17.7 Å². The van der Waals surface area contributed by atoms with Crippen LogP contribution in [0.25, 0.3) is 0 Å². The number of anilines is 2. The number of hydrogen-bond donors (Lipinski definition) is 0. The van der Waals surface area contributed by atoms with Gasteiger partial charge in [-0.1, -0.05) is 0 Å². The molecule has 1 saturated heterocycles. The molecule has 0 N–H and O–H groups in total. The molecule has 4 rings (SSSR count). The number of aryl methyl sites for hydroxylation is 2. The lowest BCUT2D eigenvalue weighted by atomic mass is 10.1. The summed E-state index contributed by atoms with van der Waals surface area (Å²) >= 11 is 0. The molecule has 0 spiro atoms. The monoisotopic (exact) mass is 282 g/mol. The number of hydrogen-bond acceptors (Lipinski definition) is 6. The minimum atomic E-state index is 0.455. The first-order valence-corrected chi connectivity index (χ1v) is 7.40. The zero-order valence-corrected chi connectivity index (χ0v) is 12.1. The lowest BCUT2D eigenvalue weighted by molar-refractivity contribution is 0.487. The first-order valence-electron chi connectivity index (χ1n) is 7.40. The molecular formula is C15H18N6. The van der Waals surface area contributed by atoms with Crippen molar-refractivity contribution in [3.05, 3.63) is 35.9 Å². The average Bonchev–Trinajstić information content (AvgIpc) is 2.94. The van der Waals surface area contributed by atoms with Gasteiger partial charge in [0.2, 0.25) is 0 Å². The molecule has 21 heavy (non-hydrogen) atoms. The number of nitrogens with zero attached hydrogens (tertiary/aromatic N) is 6. The summed E-state index contributed by atoms with van der Waals surface area (Å²) in [6.07, 6.45) is 8.68. The second-order valence-corrected chi connectivity index (χ2v) is 5.76. The Morgan fingerprint density at radius 2 is 2.10 bits per heavy atom. The highest BCUT2D eigenvalue weighted by atomic mass is 15.4. The Hall–Kier alpha value is -2.24. The third-order valence-corrected chi connectivity index (χ3v) is 4.45. The molecule has 3 heterocycles. The van der Waals surface area contributed by atoms with Gasteiger partial charge in [-0.15, -0.1) is 5.10 Å². The van der Waals surface area contributed by atoms with Crippen molar-refractivity contribution in [3.8, 4) is 0 Å². The molecule has 0 bridgehead atoms. The summed E-state index contributed by atoms with van der Waals surface area (Å²) in [5, 5.41) is 8.73. The van der Waals surface area contributed by atoms with Gasteiger partial charge in [0.15, 0.2) is 5.82 Å². The fourth-order valence-corrected chi connectivity index (χ4v) is 3.02.